The lowest BCUT2D eigenvalue weighted by atomic mass is 10.1. The molecule has 1 heterocycles. The molecule has 0 aliphatic carbocycles. The number of ether oxygens (including phenoxy) is 2. The van der Waals surface area contributed by atoms with Crippen molar-refractivity contribution in [1.82, 2.24) is 4.98 Å². The van der Waals surface area contributed by atoms with Crippen molar-refractivity contribution in [2.24, 2.45) is 0 Å². The van der Waals surface area contributed by atoms with E-state index in [1.54, 1.807) is 36.5 Å². The molecule has 7 heteroatoms. The number of carbonyl (C=O) groups is 2. The normalized spacial score (nSPS) is 10.4. The van der Waals surface area contributed by atoms with E-state index in [1.165, 1.54) is 6.07 Å². The van der Waals surface area contributed by atoms with Crippen LogP contribution < -0.4 is 14.8 Å². The summed E-state index contributed by atoms with van der Waals surface area (Å²) in [7, 11) is 0. The Balaban J connectivity index is 1.33. The fourth-order valence-electron chi connectivity index (χ4n) is 3.44. The summed E-state index contributed by atoms with van der Waals surface area (Å²) in [5, 5.41) is 11.9. The minimum absolute atomic E-state index is 0.0366. The molecule has 0 aliphatic rings. The van der Waals surface area contributed by atoms with Crippen LogP contribution in [0.4, 0.5) is 5.69 Å². The van der Waals surface area contributed by atoms with Crippen LogP contribution in [-0.4, -0.2) is 22.0 Å². The van der Waals surface area contributed by atoms with Gasteiger partial charge in [-0.3, -0.25) is 4.79 Å². The zero-order chi connectivity index (χ0) is 24.6. The van der Waals surface area contributed by atoms with Crippen molar-refractivity contribution in [3.8, 4) is 17.4 Å². The summed E-state index contributed by atoms with van der Waals surface area (Å²) < 4.78 is 11.7. The van der Waals surface area contributed by atoms with Crippen molar-refractivity contribution in [2.75, 3.05) is 5.32 Å². The topological polar surface area (TPSA) is 97.8 Å². The summed E-state index contributed by atoms with van der Waals surface area (Å²) in [6.45, 7) is 2.44. The van der Waals surface area contributed by atoms with Crippen LogP contribution in [0.25, 0.3) is 0 Å². The van der Waals surface area contributed by atoms with E-state index in [2.05, 4.69) is 10.3 Å². The first-order valence-corrected chi connectivity index (χ1v) is 11.0. The number of benzene rings is 3. The molecule has 0 aliphatic heterocycles. The van der Waals surface area contributed by atoms with Gasteiger partial charge in [-0.1, -0.05) is 48.5 Å². The number of carboxylic acids is 1. The van der Waals surface area contributed by atoms with Gasteiger partial charge in [0.15, 0.2) is 0 Å². The number of carboxylic acid groups (broad SMARTS) is 1. The number of pyridine rings is 1. The Kier molecular flexibility index (Phi) is 7.37. The third-order valence-corrected chi connectivity index (χ3v) is 5.20. The molecule has 0 fully saturated rings. The smallest absolute Gasteiger partial charge is 0.337 e. The van der Waals surface area contributed by atoms with Crippen molar-refractivity contribution in [2.45, 2.75) is 20.0 Å². The van der Waals surface area contributed by atoms with Gasteiger partial charge < -0.3 is 19.9 Å². The van der Waals surface area contributed by atoms with Crippen molar-refractivity contribution >= 4 is 17.6 Å². The highest BCUT2D eigenvalue weighted by Crippen LogP contribution is 2.27. The number of para-hydroxylation sites is 1. The van der Waals surface area contributed by atoms with Crippen LogP contribution in [0.1, 0.15) is 27.0 Å². The average Bonchev–Trinajstić information content (AvgIpc) is 2.85. The maximum Gasteiger partial charge on any atom is 0.337 e. The minimum Gasteiger partial charge on any atom is -0.489 e. The Labute approximate surface area is 203 Å². The van der Waals surface area contributed by atoms with Gasteiger partial charge >= 0.3 is 5.97 Å². The van der Waals surface area contributed by atoms with Gasteiger partial charge in [-0.25, -0.2) is 9.78 Å². The van der Waals surface area contributed by atoms with Gasteiger partial charge in [0, 0.05) is 12.3 Å². The maximum absolute atomic E-state index is 12.4. The standard InChI is InChI=1S/C28H24N2O5/c1-19-15-22(12-13-25(19)34-18-20-7-3-2-4-8-20)35-27-14-11-21(17-29-27)16-26(31)30-24-10-6-5-9-23(24)28(32)33/h2-15,17H,16,18H2,1H3,(H,30,31)(H,32,33). The number of nitrogens with one attached hydrogen (secondary N) is 1. The van der Waals surface area contributed by atoms with E-state index in [9.17, 15) is 14.7 Å². The van der Waals surface area contributed by atoms with E-state index in [1.807, 2.05) is 55.5 Å². The van der Waals surface area contributed by atoms with Crippen molar-refractivity contribution in [3.05, 3.63) is 113 Å². The molecule has 0 radical (unpaired) electrons. The zero-order valence-electron chi connectivity index (χ0n) is 19.1. The van der Waals surface area contributed by atoms with E-state index in [0.29, 0.717) is 23.8 Å². The van der Waals surface area contributed by atoms with E-state index >= 15 is 0 Å². The predicted molar refractivity (Wildman–Crippen MR) is 132 cm³/mol. The number of hydrogen-bond acceptors (Lipinski definition) is 5. The number of aryl methyl sites for hydroxylation is 1. The lowest BCUT2D eigenvalue weighted by Crippen LogP contribution is -2.16. The number of anilines is 1. The Morgan fingerprint density at radius 3 is 2.40 bits per heavy atom. The summed E-state index contributed by atoms with van der Waals surface area (Å²) in [5.74, 6) is 0.353. The van der Waals surface area contributed by atoms with E-state index in [4.69, 9.17) is 9.47 Å². The second-order valence-corrected chi connectivity index (χ2v) is 7.88. The highest BCUT2D eigenvalue weighted by molar-refractivity contribution is 6.00. The first-order chi connectivity index (χ1) is 17.0. The number of rotatable bonds is 9. The van der Waals surface area contributed by atoms with E-state index in [0.717, 1.165) is 16.9 Å². The zero-order valence-corrected chi connectivity index (χ0v) is 19.1. The highest BCUT2D eigenvalue weighted by atomic mass is 16.5. The number of aromatic nitrogens is 1. The van der Waals surface area contributed by atoms with Gasteiger partial charge in [-0.15, -0.1) is 0 Å². The molecule has 1 aromatic heterocycles. The average molecular weight is 469 g/mol. The van der Waals surface area contributed by atoms with Crippen LogP contribution in [0.15, 0.2) is 91.1 Å². The number of aromatic carboxylic acids is 1. The third kappa shape index (κ3) is 6.45. The molecule has 0 bridgehead atoms. The first-order valence-electron chi connectivity index (χ1n) is 11.0. The molecule has 0 unspecified atom stereocenters. The molecule has 4 aromatic rings. The SMILES string of the molecule is Cc1cc(Oc2ccc(CC(=O)Nc3ccccc3C(=O)O)cn2)ccc1OCc1ccccc1. The Morgan fingerprint density at radius 1 is 0.914 bits per heavy atom. The van der Waals surface area contributed by atoms with Crippen LogP contribution in [0.3, 0.4) is 0 Å². The molecule has 7 nitrogen and oxygen atoms in total. The molecule has 0 saturated carbocycles. The number of carbonyl (C=O) groups excluding carboxylic acids is 1. The second kappa shape index (κ2) is 11.0. The molecule has 0 spiro atoms. The summed E-state index contributed by atoms with van der Waals surface area (Å²) in [6.07, 6.45) is 1.61. The quantitative estimate of drug-likeness (QED) is 0.330. The van der Waals surface area contributed by atoms with Gasteiger partial charge in [0.25, 0.3) is 0 Å². The number of nitrogens with zero attached hydrogens (tertiary/aromatic N) is 1. The van der Waals surface area contributed by atoms with Gasteiger partial charge in [0.05, 0.1) is 17.7 Å². The molecule has 176 valence electrons. The monoisotopic (exact) mass is 468 g/mol. The number of hydrogen-bond donors (Lipinski definition) is 2. The van der Waals surface area contributed by atoms with Crippen LogP contribution >= 0.6 is 0 Å². The molecule has 0 atom stereocenters. The molecular formula is C28H24N2O5. The van der Waals surface area contributed by atoms with Gasteiger partial charge in [-0.05, 0) is 53.9 Å². The third-order valence-electron chi connectivity index (χ3n) is 5.20. The Hall–Kier alpha value is -4.65. The summed E-state index contributed by atoms with van der Waals surface area (Å²) in [5.41, 5.74) is 2.99. The van der Waals surface area contributed by atoms with E-state index < -0.39 is 5.97 Å². The van der Waals surface area contributed by atoms with Gasteiger partial charge in [-0.2, -0.15) is 0 Å². The fourth-order valence-corrected chi connectivity index (χ4v) is 3.44. The lowest BCUT2D eigenvalue weighted by molar-refractivity contribution is -0.115. The summed E-state index contributed by atoms with van der Waals surface area (Å²) in [4.78, 5) is 27.9. The van der Waals surface area contributed by atoms with Crippen molar-refractivity contribution in [1.29, 1.82) is 0 Å². The Morgan fingerprint density at radius 2 is 1.69 bits per heavy atom. The van der Waals surface area contributed by atoms with Crippen molar-refractivity contribution in [3.63, 3.8) is 0 Å². The second-order valence-electron chi connectivity index (χ2n) is 7.88. The molecule has 0 saturated heterocycles. The van der Waals surface area contributed by atoms with E-state index in [-0.39, 0.29) is 23.6 Å². The largest absolute Gasteiger partial charge is 0.489 e. The van der Waals surface area contributed by atoms with Crippen LogP contribution in [0, 0.1) is 6.92 Å². The van der Waals surface area contributed by atoms with Crippen LogP contribution in [0.5, 0.6) is 17.4 Å². The Bertz CT molecular complexity index is 1320. The molecule has 3 aromatic carbocycles. The number of amides is 1. The first kappa shape index (κ1) is 23.5. The highest BCUT2D eigenvalue weighted by Gasteiger charge is 2.12. The van der Waals surface area contributed by atoms with Crippen LogP contribution in [0.2, 0.25) is 0 Å². The summed E-state index contributed by atoms with van der Waals surface area (Å²) >= 11 is 0. The molecule has 35 heavy (non-hydrogen) atoms. The lowest BCUT2D eigenvalue weighted by Gasteiger charge is -2.12. The molecule has 2 N–H and O–H groups in total. The fraction of sp³-hybridized carbons (Fsp3) is 0.107. The molecule has 4 rings (SSSR count). The summed E-state index contributed by atoms with van der Waals surface area (Å²) in [6, 6.07) is 25.2. The predicted octanol–water partition coefficient (Wildman–Crippen LogP) is 5.64. The van der Waals surface area contributed by atoms with Crippen LogP contribution in [-0.2, 0) is 17.8 Å². The minimum atomic E-state index is -1.10. The molecule has 1 amide bonds. The molecular weight excluding hydrogens is 444 g/mol. The van der Waals surface area contributed by atoms with Crippen molar-refractivity contribution < 1.29 is 24.2 Å². The van der Waals surface area contributed by atoms with Gasteiger partial charge in [0.2, 0.25) is 11.8 Å². The van der Waals surface area contributed by atoms with Gasteiger partial charge in [0.1, 0.15) is 18.1 Å². The maximum atomic E-state index is 12.4.